The summed E-state index contributed by atoms with van der Waals surface area (Å²) in [6.45, 7) is 2.15. The van der Waals surface area contributed by atoms with Gasteiger partial charge in [0.2, 0.25) is 0 Å². The van der Waals surface area contributed by atoms with Crippen LogP contribution in [0.15, 0.2) is 48.8 Å². The number of carbonyl (C=O) groups excluding carboxylic acids is 1. The molecular formula is C15H15ClN2O2. The van der Waals surface area contributed by atoms with Gasteiger partial charge in [0.15, 0.2) is 6.10 Å². The lowest BCUT2D eigenvalue weighted by atomic mass is 10.2. The number of halogens is 1. The van der Waals surface area contributed by atoms with E-state index < -0.39 is 6.10 Å². The van der Waals surface area contributed by atoms with Crippen molar-refractivity contribution in [1.29, 1.82) is 0 Å². The van der Waals surface area contributed by atoms with Gasteiger partial charge in [-0.2, -0.15) is 0 Å². The van der Waals surface area contributed by atoms with Crippen LogP contribution in [0.2, 0.25) is 5.02 Å². The van der Waals surface area contributed by atoms with Gasteiger partial charge in [-0.15, -0.1) is 0 Å². The van der Waals surface area contributed by atoms with E-state index in [-0.39, 0.29) is 5.91 Å². The third-order valence-electron chi connectivity index (χ3n) is 2.69. The zero-order valence-corrected chi connectivity index (χ0v) is 11.8. The molecule has 1 aromatic carbocycles. The van der Waals surface area contributed by atoms with Crippen molar-refractivity contribution in [2.75, 3.05) is 0 Å². The Morgan fingerprint density at radius 3 is 2.80 bits per heavy atom. The van der Waals surface area contributed by atoms with Crippen molar-refractivity contribution in [2.45, 2.75) is 19.6 Å². The van der Waals surface area contributed by atoms with Crippen molar-refractivity contribution in [1.82, 2.24) is 10.3 Å². The third-order valence-corrected chi connectivity index (χ3v) is 2.93. The van der Waals surface area contributed by atoms with Crippen LogP contribution in [0.3, 0.4) is 0 Å². The minimum Gasteiger partial charge on any atom is -0.481 e. The van der Waals surface area contributed by atoms with E-state index in [0.29, 0.717) is 17.3 Å². The highest BCUT2D eigenvalue weighted by Crippen LogP contribution is 2.18. The first-order valence-corrected chi connectivity index (χ1v) is 6.62. The number of nitrogens with zero attached hydrogens (tertiary/aromatic N) is 1. The van der Waals surface area contributed by atoms with Crippen LogP contribution in [0.1, 0.15) is 12.5 Å². The molecule has 0 fully saturated rings. The van der Waals surface area contributed by atoms with E-state index in [0.717, 1.165) is 5.56 Å². The molecule has 104 valence electrons. The largest absolute Gasteiger partial charge is 0.481 e. The first-order valence-electron chi connectivity index (χ1n) is 6.24. The number of carbonyl (C=O) groups is 1. The highest BCUT2D eigenvalue weighted by atomic mass is 35.5. The predicted octanol–water partition coefficient (Wildman–Crippen LogP) is 2.82. The quantitative estimate of drug-likeness (QED) is 0.921. The number of rotatable bonds is 5. The van der Waals surface area contributed by atoms with Crippen LogP contribution in [0.25, 0.3) is 0 Å². The second kappa shape index (κ2) is 6.91. The second-order valence-corrected chi connectivity index (χ2v) is 4.73. The van der Waals surface area contributed by atoms with Gasteiger partial charge in [0.1, 0.15) is 5.75 Å². The summed E-state index contributed by atoms with van der Waals surface area (Å²) < 4.78 is 5.54. The van der Waals surface area contributed by atoms with Crippen molar-refractivity contribution in [3.8, 4) is 5.75 Å². The van der Waals surface area contributed by atoms with E-state index in [9.17, 15) is 4.79 Å². The Kier molecular flexibility index (Phi) is 4.96. The number of nitrogens with one attached hydrogen (secondary N) is 1. The van der Waals surface area contributed by atoms with Crippen LogP contribution >= 0.6 is 11.6 Å². The summed E-state index contributed by atoms with van der Waals surface area (Å²) in [5.74, 6) is 0.394. The SMILES string of the molecule is C[C@@H](Oc1cccc(Cl)c1)C(=O)NCc1ccncc1. The van der Waals surface area contributed by atoms with E-state index in [2.05, 4.69) is 10.3 Å². The molecule has 0 aliphatic heterocycles. The van der Waals surface area contributed by atoms with Crippen molar-refractivity contribution in [2.24, 2.45) is 0 Å². The molecule has 0 saturated carbocycles. The van der Waals surface area contributed by atoms with Gasteiger partial charge >= 0.3 is 0 Å². The van der Waals surface area contributed by atoms with Crippen molar-refractivity contribution in [3.63, 3.8) is 0 Å². The van der Waals surface area contributed by atoms with E-state index >= 15 is 0 Å². The zero-order valence-electron chi connectivity index (χ0n) is 11.0. The molecule has 20 heavy (non-hydrogen) atoms. The van der Waals surface area contributed by atoms with E-state index in [4.69, 9.17) is 16.3 Å². The lowest BCUT2D eigenvalue weighted by Crippen LogP contribution is -2.35. The average molecular weight is 291 g/mol. The molecule has 1 N–H and O–H groups in total. The predicted molar refractivity (Wildman–Crippen MR) is 77.6 cm³/mol. The van der Waals surface area contributed by atoms with Gasteiger partial charge in [0.25, 0.3) is 5.91 Å². The number of benzene rings is 1. The molecule has 0 saturated heterocycles. The summed E-state index contributed by atoms with van der Waals surface area (Å²) in [7, 11) is 0. The van der Waals surface area contributed by atoms with Crippen LogP contribution in [-0.4, -0.2) is 17.0 Å². The summed E-state index contributed by atoms with van der Waals surface area (Å²) in [6, 6.07) is 10.7. The molecule has 1 atom stereocenters. The molecule has 2 aromatic rings. The van der Waals surface area contributed by atoms with Crippen LogP contribution in [0.4, 0.5) is 0 Å². The summed E-state index contributed by atoms with van der Waals surface area (Å²) in [5.41, 5.74) is 0.989. The number of ether oxygens (including phenoxy) is 1. The lowest BCUT2D eigenvalue weighted by Gasteiger charge is -2.14. The third kappa shape index (κ3) is 4.24. The Morgan fingerprint density at radius 1 is 1.35 bits per heavy atom. The summed E-state index contributed by atoms with van der Waals surface area (Å²) in [6.07, 6.45) is 2.79. The molecule has 5 heteroatoms. The molecule has 0 spiro atoms. The number of pyridine rings is 1. The Morgan fingerprint density at radius 2 is 2.10 bits per heavy atom. The minimum absolute atomic E-state index is 0.179. The Balaban J connectivity index is 1.86. The van der Waals surface area contributed by atoms with E-state index in [1.807, 2.05) is 12.1 Å². The van der Waals surface area contributed by atoms with Gasteiger partial charge in [-0.25, -0.2) is 0 Å². The summed E-state index contributed by atoms with van der Waals surface area (Å²) >= 11 is 5.86. The Bertz CT molecular complexity index is 575. The van der Waals surface area contributed by atoms with Gasteiger partial charge in [-0.05, 0) is 42.8 Å². The van der Waals surface area contributed by atoms with Gasteiger partial charge in [0, 0.05) is 24.0 Å². The molecule has 0 unspecified atom stereocenters. The van der Waals surface area contributed by atoms with Crippen LogP contribution < -0.4 is 10.1 Å². The number of hydrogen-bond donors (Lipinski definition) is 1. The van der Waals surface area contributed by atoms with Gasteiger partial charge in [0.05, 0.1) is 0 Å². The highest BCUT2D eigenvalue weighted by molar-refractivity contribution is 6.30. The van der Waals surface area contributed by atoms with Gasteiger partial charge < -0.3 is 10.1 Å². The molecule has 4 nitrogen and oxygen atoms in total. The number of aromatic nitrogens is 1. The topological polar surface area (TPSA) is 51.2 Å². The summed E-state index contributed by atoms with van der Waals surface area (Å²) in [5, 5.41) is 3.38. The van der Waals surface area contributed by atoms with Crippen LogP contribution in [0.5, 0.6) is 5.75 Å². The smallest absolute Gasteiger partial charge is 0.261 e. The highest BCUT2D eigenvalue weighted by Gasteiger charge is 2.14. The van der Waals surface area contributed by atoms with E-state index in [1.54, 1.807) is 43.6 Å². The maximum atomic E-state index is 11.9. The maximum Gasteiger partial charge on any atom is 0.261 e. The molecule has 1 amide bonds. The van der Waals surface area contributed by atoms with Crippen LogP contribution in [0, 0.1) is 0 Å². The fourth-order valence-electron chi connectivity index (χ4n) is 1.63. The maximum absolute atomic E-state index is 11.9. The fourth-order valence-corrected chi connectivity index (χ4v) is 1.81. The molecule has 0 aliphatic carbocycles. The normalized spacial score (nSPS) is 11.7. The van der Waals surface area contributed by atoms with Crippen LogP contribution in [-0.2, 0) is 11.3 Å². The molecular weight excluding hydrogens is 276 g/mol. The lowest BCUT2D eigenvalue weighted by molar-refractivity contribution is -0.127. The minimum atomic E-state index is -0.588. The molecule has 0 bridgehead atoms. The first-order chi connectivity index (χ1) is 9.65. The van der Waals surface area contributed by atoms with Crippen molar-refractivity contribution >= 4 is 17.5 Å². The van der Waals surface area contributed by atoms with E-state index in [1.165, 1.54) is 0 Å². The standard InChI is InChI=1S/C15H15ClN2O2/c1-11(20-14-4-2-3-13(16)9-14)15(19)18-10-12-5-7-17-8-6-12/h2-9,11H,10H2,1H3,(H,18,19)/t11-/m1/s1. The number of hydrogen-bond acceptors (Lipinski definition) is 3. The van der Waals surface area contributed by atoms with Gasteiger partial charge in [-0.3, -0.25) is 9.78 Å². The van der Waals surface area contributed by atoms with Crippen molar-refractivity contribution in [3.05, 3.63) is 59.4 Å². The Labute approximate surface area is 122 Å². The monoisotopic (exact) mass is 290 g/mol. The molecule has 2 rings (SSSR count). The average Bonchev–Trinajstić information content (AvgIpc) is 2.46. The van der Waals surface area contributed by atoms with Gasteiger partial charge in [-0.1, -0.05) is 17.7 Å². The molecule has 0 aliphatic rings. The summed E-state index contributed by atoms with van der Waals surface area (Å²) in [4.78, 5) is 15.8. The number of amides is 1. The second-order valence-electron chi connectivity index (χ2n) is 4.29. The molecule has 1 aromatic heterocycles. The molecule has 1 heterocycles. The Hall–Kier alpha value is -2.07. The van der Waals surface area contributed by atoms with Crippen molar-refractivity contribution < 1.29 is 9.53 Å². The fraction of sp³-hybridized carbons (Fsp3) is 0.200. The molecule has 0 radical (unpaired) electrons. The first kappa shape index (κ1) is 14.3. The zero-order chi connectivity index (χ0) is 14.4.